The van der Waals surface area contributed by atoms with Crippen LogP contribution in [0.25, 0.3) is 0 Å². The van der Waals surface area contributed by atoms with Gasteiger partial charge in [-0.05, 0) is 44.0 Å². The molecule has 1 heterocycles. The number of aryl methyl sites for hydroxylation is 2. The van der Waals surface area contributed by atoms with Gasteiger partial charge in [-0.2, -0.15) is 0 Å². The largest absolute Gasteiger partial charge is 0.449 e. The zero-order valence-corrected chi connectivity index (χ0v) is 17.7. The molecule has 1 atom stereocenters. The fourth-order valence-corrected chi connectivity index (χ4v) is 3.39. The highest BCUT2D eigenvalue weighted by atomic mass is 16.6. The second kappa shape index (κ2) is 9.57. The van der Waals surface area contributed by atoms with E-state index in [2.05, 4.69) is 5.32 Å². The van der Waals surface area contributed by atoms with Crippen molar-refractivity contribution in [2.75, 3.05) is 36.5 Å². The van der Waals surface area contributed by atoms with E-state index < -0.39 is 22.9 Å². The highest BCUT2D eigenvalue weighted by molar-refractivity contribution is 5.98. The predicted octanol–water partition coefficient (Wildman–Crippen LogP) is 3.23. The van der Waals surface area contributed by atoms with Crippen LogP contribution in [0.3, 0.4) is 0 Å². The van der Waals surface area contributed by atoms with E-state index in [9.17, 15) is 19.7 Å². The van der Waals surface area contributed by atoms with Crippen LogP contribution in [0.2, 0.25) is 0 Å². The summed E-state index contributed by atoms with van der Waals surface area (Å²) in [6, 6.07) is 9.81. The lowest BCUT2D eigenvalue weighted by Gasteiger charge is -2.28. The summed E-state index contributed by atoms with van der Waals surface area (Å²) in [6.45, 7) is 7.21. The number of benzene rings is 2. The van der Waals surface area contributed by atoms with Gasteiger partial charge in [0.15, 0.2) is 6.10 Å². The van der Waals surface area contributed by atoms with Gasteiger partial charge in [0.2, 0.25) is 0 Å². The first-order valence-electron chi connectivity index (χ1n) is 9.97. The zero-order chi connectivity index (χ0) is 22.5. The molecule has 1 amide bonds. The van der Waals surface area contributed by atoms with Gasteiger partial charge in [0.1, 0.15) is 5.69 Å². The number of nitrogens with one attached hydrogen (secondary N) is 1. The normalized spacial score (nSPS) is 14.6. The number of nitro benzene ring substituents is 1. The Balaban J connectivity index is 1.72. The molecule has 164 valence electrons. The van der Waals surface area contributed by atoms with Gasteiger partial charge in [-0.15, -0.1) is 0 Å². The lowest BCUT2D eigenvalue weighted by molar-refractivity contribution is -0.384. The molecule has 2 aromatic carbocycles. The van der Waals surface area contributed by atoms with Crippen molar-refractivity contribution in [2.45, 2.75) is 26.9 Å². The molecule has 1 fully saturated rings. The molecule has 1 saturated heterocycles. The van der Waals surface area contributed by atoms with Gasteiger partial charge in [-0.1, -0.05) is 18.2 Å². The minimum Gasteiger partial charge on any atom is -0.449 e. The van der Waals surface area contributed by atoms with Crippen LogP contribution < -0.4 is 10.2 Å². The standard InChI is InChI=1S/C22H25N3O6/c1-14-5-4-6-15(2)20(14)23-21(26)16(3)31-22(27)17-7-8-18(19(13-17)25(28)29)24-9-11-30-12-10-24/h4-8,13,16H,9-12H2,1-3H3,(H,23,26)/t16-/m0/s1. The third kappa shape index (κ3) is 5.18. The van der Waals surface area contributed by atoms with E-state index in [4.69, 9.17) is 9.47 Å². The Morgan fingerprint density at radius 3 is 2.42 bits per heavy atom. The molecular weight excluding hydrogens is 402 g/mol. The highest BCUT2D eigenvalue weighted by Gasteiger charge is 2.25. The number of para-hydroxylation sites is 1. The number of carbonyl (C=O) groups excluding carboxylic acids is 2. The van der Waals surface area contributed by atoms with Crippen molar-refractivity contribution in [2.24, 2.45) is 0 Å². The SMILES string of the molecule is Cc1cccc(C)c1NC(=O)[C@H](C)OC(=O)c1ccc(N2CCOCC2)c([N+](=O)[O-])c1. The van der Waals surface area contributed by atoms with Gasteiger partial charge in [0.25, 0.3) is 11.6 Å². The number of hydrogen-bond donors (Lipinski definition) is 1. The van der Waals surface area contributed by atoms with Crippen LogP contribution in [0.15, 0.2) is 36.4 Å². The molecule has 9 heteroatoms. The molecule has 0 saturated carbocycles. The average molecular weight is 427 g/mol. The van der Waals surface area contributed by atoms with E-state index in [0.717, 1.165) is 11.1 Å². The van der Waals surface area contributed by atoms with Crippen LogP contribution in [0.1, 0.15) is 28.4 Å². The Kier molecular flexibility index (Phi) is 6.86. The number of morpholine rings is 1. The van der Waals surface area contributed by atoms with E-state index >= 15 is 0 Å². The lowest BCUT2D eigenvalue weighted by Crippen LogP contribution is -2.36. The number of anilines is 2. The number of ether oxygens (including phenoxy) is 2. The Hall–Kier alpha value is -3.46. The smallest absolute Gasteiger partial charge is 0.339 e. The predicted molar refractivity (Wildman–Crippen MR) is 116 cm³/mol. The first kappa shape index (κ1) is 22.2. The third-order valence-corrected chi connectivity index (χ3v) is 5.14. The van der Waals surface area contributed by atoms with Gasteiger partial charge in [0.05, 0.1) is 23.7 Å². The Morgan fingerprint density at radius 2 is 1.81 bits per heavy atom. The Labute approximate surface area is 180 Å². The first-order chi connectivity index (χ1) is 14.8. The van der Waals surface area contributed by atoms with Crippen molar-refractivity contribution in [3.63, 3.8) is 0 Å². The monoisotopic (exact) mass is 427 g/mol. The highest BCUT2D eigenvalue weighted by Crippen LogP contribution is 2.30. The van der Waals surface area contributed by atoms with Crippen molar-refractivity contribution in [3.8, 4) is 0 Å². The maximum absolute atomic E-state index is 12.5. The van der Waals surface area contributed by atoms with Crippen molar-refractivity contribution in [3.05, 3.63) is 63.2 Å². The van der Waals surface area contributed by atoms with Crippen LogP contribution >= 0.6 is 0 Å². The summed E-state index contributed by atoms with van der Waals surface area (Å²) >= 11 is 0. The summed E-state index contributed by atoms with van der Waals surface area (Å²) in [5.41, 5.74) is 2.69. The fraction of sp³-hybridized carbons (Fsp3) is 0.364. The summed E-state index contributed by atoms with van der Waals surface area (Å²) in [5.74, 6) is -1.29. The molecular formula is C22H25N3O6. The van der Waals surface area contributed by atoms with E-state index in [1.807, 2.05) is 36.9 Å². The van der Waals surface area contributed by atoms with Gasteiger partial charge < -0.3 is 19.7 Å². The zero-order valence-electron chi connectivity index (χ0n) is 17.7. The molecule has 0 spiro atoms. The van der Waals surface area contributed by atoms with Gasteiger partial charge in [-0.3, -0.25) is 14.9 Å². The Morgan fingerprint density at radius 1 is 1.16 bits per heavy atom. The van der Waals surface area contributed by atoms with Crippen LogP contribution in [-0.2, 0) is 14.3 Å². The molecule has 2 aromatic rings. The van der Waals surface area contributed by atoms with Gasteiger partial charge >= 0.3 is 5.97 Å². The summed E-state index contributed by atoms with van der Waals surface area (Å²) in [4.78, 5) is 37.9. The molecule has 1 aliphatic heterocycles. The summed E-state index contributed by atoms with van der Waals surface area (Å²) in [7, 11) is 0. The van der Waals surface area contributed by atoms with Crippen LogP contribution in [-0.4, -0.2) is 49.2 Å². The molecule has 0 radical (unpaired) electrons. The topological polar surface area (TPSA) is 111 Å². The molecule has 9 nitrogen and oxygen atoms in total. The minimum absolute atomic E-state index is 0.00966. The molecule has 0 bridgehead atoms. The van der Waals surface area contributed by atoms with Gasteiger partial charge in [0, 0.05) is 24.8 Å². The quantitative estimate of drug-likeness (QED) is 0.428. The summed E-state index contributed by atoms with van der Waals surface area (Å²) in [5, 5.41) is 14.3. The van der Waals surface area contributed by atoms with E-state index in [1.54, 1.807) is 0 Å². The molecule has 0 aliphatic carbocycles. The van der Waals surface area contributed by atoms with Crippen LogP contribution in [0, 0.1) is 24.0 Å². The summed E-state index contributed by atoms with van der Waals surface area (Å²) < 4.78 is 10.5. The van der Waals surface area contributed by atoms with Crippen molar-refractivity contribution >= 4 is 28.9 Å². The molecule has 3 rings (SSSR count). The third-order valence-electron chi connectivity index (χ3n) is 5.14. The Bertz CT molecular complexity index is 980. The molecule has 0 unspecified atom stereocenters. The molecule has 1 aliphatic rings. The number of amides is 1. The number of nitrogens with zero attached hydrogens (tertiary/aromatic N) is 2. The van der Waals surface area contributed by atoms with Crippen molar-refractivity contribution < 1.29 is 24.0 Å². The molecule has 31 heavy (non-hydrogen) atoms. The van der Waals surface area contributed by atoms with Crippen LogP contribution in [0.5, 0.6) is 0 Å². The number of hydrogen-bond acceptors (Lipinski definition) is 7. The average Bonchev–Trinajstić information content (AvgIpc) is 2.76. The first-order valence-corrected chi connectivity index (χ1v) is 9.97. The second-order valence-electron chi connectivity index (χ2n) is 7.36. The van der Waals surface area contributed by atoms with Gasteiger partial charge in [-0.25, -0.2) is 4.79 Å². The number of nitro groups is 1. The van der Waals surface area contributed by atoms with E-state index in [-0.39, 0.29) is 11.3 Å². The van der Waals surface area contributed by atoms with Crippen molar-refractivity contribution in [1.29, 1.82) is 0 Å². The van der Waals surface area contributed by atoms with E-state index in [1.165, 1.54) is 25.1 Å². The van der Waals surface area contributed by atoms with Crippen LogP contribution in [0.4, 0.5) is 17.1 Å². The number of esters is 1. The number of rotatable bonds is 6. The maximum atomic E-state index is 12.5. The maximum Gasteiger partial charge on any atom is 0.339 e. The minimum atomic E-state index is -1.08. The summed E-state index contributed by atoms with van der Waals surface area (Å²) in [6.07, 6.45) is -1.08. The molecule has 0 aromatic heterocycles. The number of carbonyl (C=O) groups is 2. The second-order valence-corrected chi connectivity index (χ2v) is 7.36. The fourth-order valence-electron chi connectivity index (χ4n) is 3.39. The van der Waals surface area contributed by atoms with E-state index in [0.29, 0.717) is 37.7 Å². The van der Waals surface area contributed by atoms with Crippen molar-refractivity contribution in [1.82, 2.24) is 0 Å². The molecule has 1 N–H and O–H groups in total. The lowest BCUT2D eigenvalue weighted by atomic mass is 10.1.